The Morgan fingerprint density at radius 3 is 2.50 bits per heavy atom. The fourth-order valence-electron chi connectivity index (χ4n) is 2.58. The number of thiazole rings is 1. The van der Waals surface area contributed by atoms with E-state index in [1.807, 2.05) is 5.38 Å². The zero-order valence-electron chi connectivity index (χ0n) is 14.8. The highest BCUT2D eigenvalue weighted by molar-refractivity contribution is 7.14. The Balaban J connectivity index is 1.71. The average Bonchev–Trinajstić information content (AvgIpc) is 3.06. The first kappa shape index (κ1) is 18.0. The van der Waals surface area contributed by atoms with Gasteiger partial charge in [0.2, 0.25) is 5.91 Å². The number of hydrogen-bond acceptors (Lipinski definition) is 3. The summed E-state index contributed by atoms with van der Waals surface area (Å²) in [5.74, 6) is -0.574. The molecule has 0 atom stereocenters. The first-order chi connectivity index (χ1) is 12.4. The fourth-order valence-corrected chi connectivity index (χ4v) is 3.30. The Kier molecular flexibility index (Phi) is 5.28. The quantitative estimate of drug-likeness (QED) is 0.617. The lowest BCUT2D eigenvalue weighted by molar-refractivity contribution is -0.111. The molecule has 0 aliphatic rings. The third-order valence-corrected chi connectivity index (χ3v) is 4.91. The fraction of sp³-hybridized carbons (Fsp3) is 0.143. The van der Waals surface area contributed by atoms with Crippen LogP contribution in [0.15, 0.2) is 47.9 Å². The average molecular weight is 366 g/mol. The summed E-state index contributed by atoms with van der Waals surface area (Å²) in [6, 6.07) is 10.2. The van der Waals surface area contributed by atoms with Gasteiger partial charge in [0.25, 0.3) is 0 Å². The Morgan fingerprint density at radius 2 is 1.77 bits per heavy atom. The minimum absolute atomic E-state index is 0.271. The van der Waals surface area contributed by atoms with Crippen LogP contribution in [0.3, 0.4) is 0 Å². The summed E-state index contributed by atoms with van der Waals surface area (Å²) >= 11 is 1.39. The number of aromatic nitrogens is 1. The minimum atomic E-state index is -0.302. The number of nitrogens with one attached hydrogen (secondary N) is 1. The number of hydrogen-bond donors (Lipinski definition) is 1. The molecular weight excluding hydrogens is 347 g/mol. The second-order valence-electron chi connectivity index (χ2n) is 6.16. The second-order valence-corrected chi connectivity index (χ2v) is 7.02. The predicted molar refractivity (Wildman–Crippen MR) is 106 cm³/mol. The third kappa shape index (κ3) is 4.24. The van der Waals surface area contributed by atoms with Gasteiger partial charge >= 0.3 is 0 Å². The molecule has 2 aromatic carbocycles. The van der Waals surface area contributed by atoms with E-state index < -0.39 is 0 Å². The maximum Gasteiger partial charge on any atom is 0.250 e. The molecule has 3 aromatic rings. The van der Waals surface area contributed by atoms with Gasteiger partial charge in [-0.15, -0.1) is 11.3 Å². The number of anilines is 1. The summed E-state index contributed by atoms with van der Waals surface area (Å²) < 4.78 is 12.9. The van der Waals surface area contributed by atoms with E-state index in [1.165, 1.54) is 40.7 Å². The smallest absolute Gasteiger partial charge is 0.250 e. The summed E-state index contributed by atoms with van der Waals surface area (Å²) in [6.45, 7) is 6.23. The minimum Gasteiger partial charge on any atom is -0.298 e. The zero-order valence-corrected chi connectivity index (χ0v) is 15.7. The first-order valence-corrected chi connectivity index (χ1v) is 9.09. The van der Waals surface area contributed by atoms with Crippen LogP contribution in [0.25, 0.3) is 17.3 Å². The van der Waals surface area contributed by atoms with Gasteiger partial charge < -0.3 is 0 Å². The van der Waals surface area contributed by atoms with Gasteiger partial charge in [-0.3, -0.25) is 10.1 Å². The van der Waals surface area contributed by atoms with E-state index >= 15 is 0 Å². The van der Waals surface area contributed by atoms with Crippen LogP contribution >= 0.6 is 11.3 Å². The first-order valence-electron chi connectivity index (χ1n) is 8.21. The van der Waals surface area contributed by atoms with E-state index in [0.29, 0.717) is 5.13 Å². The molecule has 3 nitrogen and oxygen atoms in total. The van der Waals surface area contributed by atoms with E-state index in [9.17, 15) is 9.18 Å². The predicted octanol–water partition coefficient (Wildman–Crippen LogP) is 5.53. The van der Waals surface area contributed by atoms with Gasteiger partial charge in [-0.1, -0.05) is 18.2 Å². The van der Waals surface area contributed by atoms with Crippen molar-refractivity contribution in [2.45, 2.75) is 20.8 Å². The number of aryl methyl sites for hydroxylation is 3. The zero-order chi connectivity index (χ0) is 18.7. The number of nitrogens with zero attached hydrogens (tertiary/aromatic N) is 1. The molecule has 1 amide bonds. The molecule has 0 aliphatic carbocycles. The molecule has 1 aromatic heterocycles. The highest BCUT2D eigenvalue weighted by Gasteiger charge is 2.10. The molecular formula is C21H19FN2OS. The van der Waals surface area contributed by atoms with Gasteiger partial charge in [-0.2, -0.15) is 0 Å². The number of carbonyl (C=O) groups excluding carboxylic acids is 1. The number of carbonyl (C=O) groups is 1. The molecule has 0 saturated heterocycles. The van der Waals surface area contributed by atoms with Crippen molar-refractivity contribution in [3.63, 3.8) is 0 Å². The number of rotatable bonds is 4. The molecule has 0 aliphatic heterocycles. The van der Waals surface area contributed by atoms with Crippen molar-refractivity contribution < 1.29 is 9.18 Å². The van der Waals surface area contributed by atoms with Crippen LogP contribution in [0.1, 0.15) is 22.3 Å². The van der Waals surface area contributed by atoms with E-state index in [1.54, 1.807) is 18.2 Å². The summed E-state index contributed by atoms with van der Waals surface area (Å²) in [5.41, 5.74) is 6.31. The standard InChI is InChI=1S/C21H19FN2OS/c1-13-10-15(3)18(11-14(13)2)19-12-26-21(23-19)24-20(25)9-6-16-4-7-17(22)8-5-16/h4-12H,1-3H3,(H,23,24,25)/b9-6+. The monoisotopic (exact) mass is 366 g/mol. The second kappa shape index (κ2) is 7.62. The summed E-state index contributed by atoms with van der Waals surface area (Å²) in [6.07, 6.45) is 3.05. The van der Waals surface area contributed by atoms with Crippen molar-refractivity contribution in [2.24, 2.45) is 0 Å². The van der Waals surface area contributed by atoms with Crippen LogP contribution in [0, 0.1) is 26.6 Å². The summed E-state index contributed by atoms with van der Waals surface area (Å²) in [7, 11) is 0. The van der Waals surface area contributed by atoms with Gasteiger partial charge in [0.15, 0.2) is 5.13 Å². The lowest BCUT2D eigenvalue weighted by atomic mass is 9.99. The van der Waals surface area contributed by atoms with E-state index in [4.69, 9.17) is 0 Å². The number of benzene rings is 2. The summed E-state index contributed by atoms with van der Waals surface area (Å²) in [4.78, 5) is 16.6. The van der Waals surface area contributed by atoms with E-state index in [0.717, 1.165) is 22.4 Å². The number of halogens is 1. The van der Waals surface area contributed by atoms with Crippen LogP contribution in [-0.2, 0) is 4.79 Å². The topological polar surface area (TPSA) is 42.0 Å². The molecule has 0 bridgehead atoms. The largest absolute Gasteiger partial charge is 0.298 e. The maximum absolute atomic E-state index is 12.9. The lowest BCUT2D eigenvalue weighted by Gasteiger charge is -2.07. The SMILES string of the molecule is Cc1cc(C)c(-c2csc(NC(=O)/C=C/c3ccc(F)cc3)n2)cc1C. The van der Waals surface area contributed by atoms with Gasteiger partial charge in [0.05, 0.1) is 5.69 Å². The van der Waals surface area contributed by atoms with Crippen molar-refractivity contribution >= 4 is 28.5 Å². The van der Waals surface area contributed by atoms with Crippen LogP contribution in [0.4, 0.5) is 9.52 Å². The van der Waals surface area contributed by atoms with Crippen LogP contribution in [0.5, 0.6) is 0 Å². The third-order valence-electron chi connectivity index (χ3n) is 4.15. The van der Waals surface area contributed by atoms with Crippen molar-refractivity contribution in [1.29, 1.82) is 0 Å². The molecule has 132 valence electrons. The van der Waals surface area contributed by atoms with E-state index in [-0.39, 0.29) is 11.7 Å². The Morgan fingerprint density at radius 1 is 1.08 bits per heavy atom. The lowest BCUT2D eigenvalue weighted by Crippen LogP contribution is -2.07. The molecule has 3 rings (SSSR count). The molecule has 0 saturated carbocycles. The van der Waals surface area contributed by atoms with E-state index in [2.05, 4.69) is 43.2 Å². The molecule has 0 spiro atoms. The Bertz CT molecular complexity index is 974. The molecule has 26 heavy (non-hydrogen) atoms. The molecule has 0 unspecified atom stereocenters. The van der Waals surface area contributed by atoms with Crippen LogP contribution < -0.4 is 5.32 Å². The van der Waals surface area contributed by atoms with Gasteiger partial charge in [0.1, 0.15) is 5.82 Å². The molecule has 1 N–H and O–H groups in total. The van der Waals surface area contributed by atoms with Crippen LogP contribution in [-0.4, -0.2) is 10.9 Å². The number of amides is 1. The van der Waals surface area contributed by atoms with Crippen molar-refractivity contribution in [3.8, 4) is 11.3 Å². The Hall–Kier alpha value is -2.79. The van der Waals surface area contributed by atoms with Crippen molar-refractivity contribution in [2.75, 3.05) is 5.32 Å². The highest BCUT2D eigenvalue weighted by atomic mass is 32.1. The van der Waals surface area contributed by atoms with Gasteiger partial charge in [0, 0.05) is 17.0 Å². The molecule has 1 heterocycles. The molecule has 5 heteroatoms. The highest BCUT2D eigenvalue weighted by Crippen LogP contribution is 2.29. The normalized spacial score (nSPS) is 11.1. The van der Waals surface area contributed by atoms with Gasteiger partial charge in [-0.05, 0) is 67.3 Å². The van der Waals surface area contributed by atoms with Crippen molar-refractivity contribution in [1.82, 2.24) is 4.98 Å². The summed E-state index contributed by atoms with van der Waals surface area (Å²) in [5, 5.41) is 5.26. The Labute approximate surface area is 156 Å². The molecule has 0 fully saturated rings. The molecule has 0 radical (unpaired) electrons. The van der Waals surface area contributed by atoms with Crippen LogP contribution in [0.2, 0.25) is 0 Å². The maximum atomic E-state index is 12.9. The van der Waals surface area contributed by atoms with Crippen molar-refractivity contribution in [3.05, 3.63) is 75.9 Å². The van der Waals surface area contributed by atoms with Gasteiger partial charge in [-0.25, -0.2) is 9.37 Å².